The number of carbonyl (C=O) groups is 3. The molecule has 0 saturated heterocycles. The molecule has 128 valence electrons. The topological polar surface area (TPSA) is 115 Å². The van der Waals surface area contributed by atoms with Crippen LogP contribution >= 0.6 is 12.8 Å². The summed E-state index contributed by atoms with van der Waals surface area (Å²) in [6.45, 7) is 4.23. The third-order valence-electron chi connectivity index (χ3n) is 2.49. The van der Waals surface area contributed by atoms with Crippen LogP contribution in [0.25, 0.3) is 0 Å². The molecule has 3 amide bonds. The number of rotatable bonds is 11. The van der Waals surface area contributed by atoms with E-state index >= 15 is 0 Å². The summed E-state index contributed by atoms with van der Waals surface area (Å²) in [7, 11) is 0. The van der Waals surface area contributed by atoms with Gasteiger partial charge in [-0.2, -0.15) is 0 Å². The van der Waals surface area contributed by atoms with E-state index in [1.54, 1.807) is 13.8 Å². The number of nitrogens with one attached hydrogen (secondary N) is 3. The molecular weight excluding hydrogens is 314 g/mol. The molecule has 22 heavy (non-hydrogen) atoms. The lowest BCUT2D eigenvalue weighted by Crippen LogP contribution is -2.46. The first kappa shape index (κ1) is 18.4. The molecule has 0 radical (unpaired) electrons. The summed E-state index contributed by atoms with van der Waals surface area (Å²) >= 11 is 0.229. The van der Waals surface area contributed by atoms with Crippen molar-refractivity contribution in [2.24, 2.45) is 0 Å². The van der Waals surface area contributed by atoms with Crippen LogP contribution in [0, 0.1) is 0 Å². The summed E-state index contributed by atoms with van der Waals surface area (Å²) in [5.41, 5.74) is 2.03. The van der Waals surface area contributed by atoms with Gasteiger partial charge in [0, 0.05) is 19.4 Å². The smallest absolute Gasteiger partial charge is 0.407 e. The van der Waals surface area contributed by atoms with Crippen LogP contribution in [0.1, 0.15) is 33.1 Å². The van der Waals surface area contributed by atoms with E-state index in [-0.39, 0.29) is 19.4 Å². The molecule has 0 bridgehead atoms. The van der Waals surface area contributed by atoms with E-state index in [2.05, 4.69) is 14.9 Å². The number of ether oxygens (including phenoxy) is 2. The second-order valence-electron chi connectivity index (χ2n) is 4.11. The highest BCUT2D eigenvalue weighted by Crippen LogP contribution is 2.02. The first-order valence-electron chi connectivity index (χ1n) is 7.38. The van der Waals surface area contributed by atoms with Crippen LogP contribution in [0.3, 0.4) is 0 Å². The molecule has 0 heterocycles. The predicted octanol–water partition coefficient (Wildman–Crippen LogP) is 0.910. The van der Waals surface area contributed by atoms with Crippen LogP contribution in [-0.4, -0.2) is 45.0 Å². The number of hydrogen-bond donors (Lipinski definition) is 4. The summed E-state index contributed by atoms with van der Waals surface area (Å²) in [4.78, 5) is 34.3. The van der Waals surface area contributed by atoms with Gasteiger partial charge in [-0.25, -0.2) is 19.4 Å². The molecule has 3 N–H and O–H groups in total. The van der Waals surface area contributed by atoms with Crippen molar-refractivity contribution < 1.29 is 28.1 Å². The van der Waals surface area contributed by atoms with Gasteiger partial charge in [0.05, 0.1) is 13.2 Å². The van der Waals surface area contributed by atoms with Gasteiger partial charge in [0.15, 0.2) is 0 Å². The van der Waals surface area contributed by atoms with E-state index in [0.29, 0.717) is 32.4 Å². The van der Waals surface area contributed by atoms with Gasteiger partial charge in [0.25, 0.3) is 5.91 Å². The maximum Gasteiger partial charge on any atom is 0.407 e. The average molecular weight is 339 g/mol. The fraction of sp³-hybridized carbons (Fsp3) is 0.750. The lowest BCUT2D eigenvalue weighted by molar-refractivity contribution is -0.129. The minimum atomic E-state index is -0.858. The van der Waals surface area contributed by atoms with Crippen LogP contribution in [0.5, 0.6) is 0 Å². The Morgan fingerprint density at radius 2 is 1.82 bits per heavy atom. The second-order valence-corrected chi connectivity index (χ2v) is 4.28. The SMILES string of the molecule is [3H]SONC(=O)C(CCCCNC(=O)OCC)NC(=O)OCC. The molecular formula is C12H23N3O6S. The average Bonchev–Trinajstić information content (AvgIpc) is 2.51. The minimum absolute atomic E-state index is 0.183. The fourth-order valence-electron chi connectivity index (χ4n) is 1.54. The standard InChI is InChI=1S/C12H23N3O6S/c1-3-19-11(17)13-8-6-5-7-9(10(16)15-21-22)14-12(18)20-4-2/h9,22H,3-8H2,1-2H3,(H,13,17)(H,14,18)(H,15,16)/i/hT. The molecule has 0 aromatic heterocycles. The molecule has 0 aliphatic heterocycles. The van der Waals surface area contributed by atoms with Crippen molar-refractivity contribution in [3.8, 4) is 0 Å². The first-order chi connectivity index (χ1) is 11.0. The lowest BCUT2D eigenvalue weighted by Gasteiger charge is -2.17. The van der Waals surface area contributed by atoms with Crippen molar-refractivity contribution in [3.05, 3.63) is 0 Å². The van der Waals surface area contributed by atoms with Gasteiger partial charge in [0.2, 0.25) is 0 Å². The summed E-state index contributed by atoms with van der Waals surface area (Å²) in [6.07, 6.45) is 0.274. The molecule has 10 heteroatoms. The molecule has 0 fully saturated rings. The Hall–Kier alpha value is -1.68. The molecule has 0 spiro atoms. The highest BCUT2D eigenvalue weighted by molar-refractivity contribution is 7.75. The van der Waals surface area contributed by atoms with Gasteiger partial charge in [-0.3, -0.25) is 4.79 Å². The van der Waals surface area contributed by atoms with Gasteiger partial charge in [-0.15, -0.1) is 0 Å². The van der Waals surface area contributed by atoms with Crippen LogP contribution < -0.4 is 16.1 Å². The normalized spacial score (nSPS) is 11.8. The molecule has 1 unspecified atom stereocenters. The van der Waals surface area contributed by atoms with Crippen molar-refractivity contribution in [2.75, 3.05) is 19.8 Å². The van der Waals surface area contributed by atoms with E-state index in [1.807, 2.05) is 5.48 Å². The lowest BCUT2D eigenvalue weighted by atomic mass is 10.1. The molecule has 0 rings (SSSR count). The Labute approximate surface area is 136 Å². The van der Waals surface area contributed by atoms with Crippen LogP contribution in [0.15, 0.2) is 0 Å². The van der Waals surface area contributed by atoms with E-state index in [0.717, 1.165) is 0 Å². The maximum absolute atomic E-state index is 11.8. The van der Waals surface area contributed by atoms with Gasteiger partial charge in [-0.1, -0.05) is 0 Å². The predicted molar refractivity (Wildman–Crippen MR) is 81.0 cm³/mol. The number of hydroxylamine groups is 1. The molecule has 0 saturated carbocycles. The third kappa shape index (κ3) is 10.1. The fourth-order valence-corrected chi connectivity index (χ4v) is 1.62. The van der Waals surface area contributed by atoms with Crippen LogP contribution in [-0.2, 0) is 18.6 Å². The number of hydrogen-bond acceptors (Lipinski definition) is 7. The molecule has 1 atom stereocenters. The molecule has 0 aromatic carbocycles. The quantitative estimate of drug-likeness (QED) is 0.192. The maximum atomic E-state index is 11.8. The zero-order valence-corrected chi connectivity index (χ0v) is 13.5. The van der Waals surface area contributed by atoms with Crippen molar-refractivity contribution in [3.63, 3.8) is 0 Å². The van der Waals surface area contributed by atoms with Crippen LogP contribution in [0.2, 0.25) is 0 Å². The number of thiol groups is 1. The summed E-state index contributed by atoms with van der Waals surface area (Å²) in [5.74, 6) is -0.587. The highest BCUT2D eigenvalue weighted by atomic mass is 32.1. The van der Waals surface area contributed by atoms with Crippen molar-refractivity contribution in [2.45, 2.75) is 39.2 Å². The molecule has 0 aliphatic rings. The Balaban J connectivity index is 4.16. The van der Waals surface area contributed by atoms with E-state index < -0.39 is 24.1 Å². The van der Waals surface area contributed by atoms with E-state index in [1.165, 1.54) is 0 Å². The van der Waals surface area contributed by atoms with Crippen LogP contribution in [0.4, 0.5) is 9.59 Å². The Morgan fingerprint density at radius 1 is 1.14 bits per heavy atom. The summed E-state index contributed by atoms with van der Waals surface area (Å²) < 4.78 is 20.6. The Kier molecular flexibility index (Phi) is 10.9. The number of amides is 3. The summed E-state index contributed by atoms with van der Waals surface area (Å²) in [6, 6.07) is -0.858. The molecule has 0 aromatic rings. The molecule has 0 aliphatic carbocycles. The zero-order chi connectivity index (χ0) is 17.5. The van der Waals surface area contributed by atoms with Gasteiger partial charge in [0.1, 0.15) is 7.17 Å². The largest absolute Gasteiger partial charge is 0.450 e. The van der Waals surface area contributed by atoms with E-state index in [9.17, 15) is 14.4 Å². The van der Waals surface area contributed by atoms with Crippen molar-refractivity contribution in [1.29, 1.82) is 1.12 Å². The third-order valence-corrected chi connectivity index (χ3v) is 2.57. The second kappa shape index (κ2) is 13.0. The number of carbonyl (C=O) groups excluding carboxylic acids is 3. The number of unbranched alkanes of at least 4 members (excludes halogenated alkanes) is 1. The van der Waals surface area contributed by atoms with Crippen molar-refractivity contribution in [1.82, 2.24) is 16.1 Å². The Morgan fingerprint density at radius 3 is 2.45 bits per heavy atom. The highest BCUT2D eigenvalue weighted by Gasteiger charge is 2.21. The van der Waals surface area contributed by atoms with E-state index in [4.69, 9.17) is 10.6 Å². The van der Waals surface area contributed by atoms with Gasteiger partial charge in [-0.05, 0) is 33.1 Å². The zero-order valence-electron chi connectivity index (χ0n) is 13.7. The number of alkyl carbamates (subject to hydrolysis) is 2. The molecule has 9 nitrogen and oxygen atoms in total. The minimum Gasteiger partial charge on any atom is -0.450 e. The first-order valence-corrected chi connectivity index (χ1v) is 7.31. The van der Waals surface area contributed by atoms with Crippen molar-refractivity contribution >= 4 is 30.9 Å². The monoisotopic (exact) mass is 339 g/mol. The van der Waals surface area contributed by atoms with Gasteiger partial charge >= 0.3 is 12.2 Å². The summed E-state index contributed by atoms with van der Waals surface area (Å²) in [5, 5.41) is 4.97. The Bertz CT molecular complexity index is 375. The van der Waals surface area contributed by atoms with Gasteiger partial charge < -0.3 is 20.1 Å².